The summed E-state index contributed by atoms with van der Waals surface area (Å²) < 4.78 is 32.0. The smallest absolute Gasteiger partial charge is 0.409 e. The van der Waals surface area contributed by atoms with Crippen molar-refractivity contribution < 1.29 is 22.1 Å². The second-order valence-corrected chi connectivity index (χ2v) is 6.82. The minimum absolute atomic E-state index is 0.0438. The molecule has 0 bridgehead atoms. The summed E-state index contributed by atoms with van der Waals surface area (Å²) >= 11 is 0. The van der Waals surface area contributed by atoms with Crippen molar-refractivity contribution in [3.63, 3.8) is 0 Å². The lowest BCUT2D eigenvalue weighted by atomic mass is 9.78. The van der Waals surface area contributed by atoms with Crippen molar-refractivity contribution in [3.05, 3.63) is 0 Å². The number of carbonyl (C=O) groups excluding carboxylic acids is 1. The lowest BCUT2D eigenvalue weighted by Crippen LogP contribution is -2.57. The summed E-state index contributed by atoms with van der Waals surface area (Å²) in [7, 11) is -3.39. The standard InChI is InChI=1S/C11H19NO5S/c1-3-16-10(13)12-7-11(8-12)5-4-9(6-11)17-18(2,14)15/h9H,3-8H2,1-2H3/t9-/m0/s1. The molecule has 0 aromatic rings. The summed E-state index contributed by atoms with van der Waals surface area (Å²) in [5.41, 5.74) is 0.0438. The van der Waals surface area contributed by atoms with Gasteiger partial charge in [-0.25, -0.2) is 4.79 Å². The minimum Gasteiger partial charge on any atom is -0.450 e. The Labute approximate surface area is 107 Å². The second-order valence-electron chi connectivity index (χ2n) is 5.22. The molecule has 1 atom stereocenters. The van der Waals surface area contributed by atoms with Gasteiger partial charge in [0.1, 0.15) is 0 Å². The molecule has 2 fully saturated rings. The quantitative estimate of drug-likeness (QED) is 0.719. The van der Waals surface area contributed by atoms with Crippen LogP contribution in [0.25, 0.3) is 0 Å². The van der Waals surface area contributed by atoms with Crippen LogP contribution in [0, 0.1) is 5.41 Å². The van der Waals surface area contributed by atoms with Crippen LogP contribution in [-0.2, 0) is 19.0 Å². The van der Waals surface area contributed by atoms with Crippen molar-refractivity contribution in [2.24, 2.45) is 5.41 Å². The Balaban J connectivity index is 1.83. The SMILES string of the molecule is CCOC(=O)N1CC2(CC[C@H](OS(C)(=O)=O)C2)C1. The highest BCUT2D eigenvalue weighted by atomic mass is 32.2. The highest BCUT2D eigenvalue weighted by Crippen LogP contribution is 2.46. The van der Waals surface area contributed by atoms with Gasteiger partial charge in [0.25, 0.3) is 10.1 Å². The number of carbonyl (C=O) groups is 1. The molecule has 7 heteroatoms. The van der Waals surface area contributed by atoms with Crippen LogP contribution < -0.4 is 0 Å². The van der Waals surface area contributed by atoms with Crippen LogP contribution in [0.3, 0.4) is 0 Å². The fraction of sp³-hybridized carbons (Fsp3) is 0.909. The number of ether oxygens (including phenoxy) is 1. The minimum atomic E-state index is -3.39. The molecule has 0 unspecified atom stereocenters. The Kier molecular flexibility index (Phi) is 3.55. The fourth-order valence-electron chi connectivity index (χ4n) is 2.88. The van der Waals surface area contributed by atoms with Gasteiger partial charge in [0.2, 0.25) is 0 Å². The van der Waals surface area contributed by atoms with Gasteiger partial charge in [0, 0.05) is 18.5 Å². The average Bonchev–Trinajstić information content (AvgIpc) is 2.57. The molecule has 6 nitrogen and oxygen atoms in total. The molecule has 104 valence electrons. The van der Waals surface area contributed by atoms with Gasteiger partial charge in [-0.1, -0.05) is 0 Å². The van der Waals surface area contributed by atoms with Gasteiger partial charge in [-0.3, -0.25) is 4.18 Å². The van der Waals surface area contributed by atoms with Crippen molar-refractivity contribution in [2.75, 3.05) is 26.0 Å². The Hall–Kier alpha value is -0.820. The van der Waals surface area contributed by atoms with Crippen LogP contribution in [0.1, 0.15) is 26.2 Å². The van der Waals surface area contributed by atoms with Crippen molar-refractivity contribution in [2.45, 2.75) is 32.3 Å². The van der Waals surface area contributed by atoms with Crippen molar-refractivity contribution in [3.8, 4) is 0 Å². The lowest BCUT2D eigenvalue weighted by Gasteiger charge is -2.47. The number of hydrogen-bond acceptors (Lipinski definition) is 5. The molecule has 2 rings (SSSR count). The normalized spacial score (nSPS) is 26.1. The van der Waals surface area contributed by atoms with Gasteiger partial charge >= 0.3 is 6.09 Å². The first-order valence-corrected chi connectivity index (χ1v) is 7.95. The van der Waals surface area contributed by atoms with Crippen LogP contribution in [0.5, 0.6) is 0 Å². The predicted molar refractivity (Wildman–Crippen MR) is 64.6 cm³/mol. The molecule has 0 aromatic carbocycles. The highest BCUT2D eigenvalue weighted by molar-refractivity contribution is 7.86. The number of hydrogen-bond donors (Lipinski definition) is 0. The maximum Gasteiger partial charge on any atom is 0.409 e. The maximum absolute atomic E-state index is 11.5. The number of rotatable bonds is 3. The first-order chi connectivity index (χ1) is 8.34. The molecule has 0 N–H and O–H groups in total. The first-order valence-electron chi connectivity index (χ1n) is 6.13. The van der Waals surface area contributed by atoms with Gasteiger partial charge in [0.15, 0.2) is 0 Å². The molecule has 1 heterocycles. The highest BCUT2D eigenvalue weighted by Gasteiger charge is 2.51. The van der Waals surface area contributed by atoms with E-state index in [9.17, 15) is 13.2 Å². The number of nitrogens with zero attached hydrogens (tertiary/aromatic N) is 1. The van der Waals surface area contributed by atoms with Crippen LogP contribution in [0.2, 0.25) is 0 Å². The average molecular weight is 277 g/mol. The van der Waals surface area contributed by atoms with Crippen molar-refractivity contribution in [1.29, 1.82) is 0 Å². The van der Waals surface area contributed by atoms with Crippen LogP contribution in [0.15, 0.2) is 0 Å². The largest absolute Gasteiger partial charge is 0.450 e. The molecule has 1 saturated heterocycles. The van der Waals surface area contributed by atoms with E-state index >= 15 is 0 Å². The Bertz CT molecular complexity index is 427. The van der Waals surface area contributed by atoms with Crippen LogP contribution >= 0.6 is 0 Å². The third-order valence-electron chi connectivity index (χ3n) is 3.55. The Morgan fingerprint density at radius 2 is 2.11 bits per heavy atom. The maximum atomic E-state index is 11.5. The zero-order valence-electron chi connectivity index (χ0n) is 10.7. The molecule has 1 amide bonds. The summed E-state index contributed by atoms with van der Waals surface area (Å²) in [4.78, 5) is 13.1. The van der Waals surface area contributed by atoms with E-state index in [1.807, 2.05) is 0 Å². The molecular weight excluding hydrogens is 258 g/mol. The van der Waals surface area contributed by atoms with E-state index in [2.05, 4.69) is 0 Å². The summed E-state index contributed by atoms with van der Waals surface area (Å²) in [6.07, 6.45) is 2.91. The number of amides is 1. The Morgan fingerprint density at radius 1 is 1.44 bits per heavy atom. The summed E-state index contributed by atoms with van der Waals surface area (Å²) in [5, 5.41) is 0. The van der Waals surface area contributed by atoms with E-state index in [0.717, 1.165) is 19.1 Å². The van der Waals surface area contributed by atoms with E-state index in [-0.39, 0.29) is 17.6 Å². The van der Waals surface area contributed by atoms with Crippen molar-refractivity contribution >= 4 is 16.2 Å². The monoisotopic (exact) mass is 277 g/mol. The van der Waals surface area contributed by atoms with Crippen LogP contribution in [-0.4, -0.2) is 51.5 Å². The topological polar surface area (TPSA) is 72.9 Å². The summed E-state index contributed by atoms with van der Waals surface area (Å²) in [6, 6.07) is 0. The molecule has 1 aliphatic heterocycles. The summed E-state index contributed by atoms with van der Waals surface area (Å²) in [6.45, 7) is 3.45. The van der Waals surface area contributed by atoms with Gasteiger partial charge in [-0.2, -0.15) is 8.42 Å². The molecule has 0 aromatic heterocycles. The molecule has 18 heavy (non-hydrogen) atoms. The van der Waals surface area contributed by atoms with Gasteiger partial charge in [-0.15, -0.1) is 0 Å². The molecule has 1 aliphatic carbocycles. The van der Waals surface area contributed by atoms with E-state index in [4.69, 9.17) is 8.92 Å². The number of likely N-dealkylation sites (tertiary alicyclic amines) is 1. The first kappa shape index (κ1) is 13.6. The summed E-state index contributed by atoms with van der Waals surface area (Å²) in [5.74, 6) is 0. The third-order valence-corrected chi connectivity index (χ3v) is 4.17. The lowest BCUT2D eigenvalue weighted by molar-refractivity contribution is -0.00359. The van der Waals surface area contributed by atoms with Crippen LogP contribution in [0.4, 0.5) is 4.79 Å². The molecular formula is C11H19NO5S. The molecule has 2 aliphatic rings. The second kappa shape index (κ2) is 4.70. The third kappa shape index (κ3) is 2.95. The Morgan fingerprint density at radius 3 is 2.67 bits per heavy atom. The van der Waals surface area contributed by atoms with E-state index in [1.54, 1.807) is 11.8 Å². The molecule has 1 spiro atoms. The van der Waals surface area contributed by atoms with E-state index in [1.165, 1.54) is 0 Å². The zero-order valence-corrected chi connectivity index (χ0v) is 11.5. The predicted octanol–water partition coefficient (Wildman–Crippen LogP) is 0.974. The van der Waals surface area contributed by atoms with Crippen molar-refractivity contribution in [1.82, 2.24) is 4.90 Å². The van der Waals surface area contributed by atoms with E-state index < -0.39 is 10.1 Å². The molecule has 0 radical (unpaired) electrons. The van der Waals surface area contributed by atoms with Gasteiger partial charge in [0.05, 0.1) is 19.0 Å². The fourth-order valence-corrected chi connectivity index (χ4v) is 3.54. The van der Waals surface area contributed by atoms with E-state index in [0.29, 0.717) is 26.1 Å². The van der Waals surface area contributed by atoms with Gasteiger partial charge in [-0.05, 0) is 26.2 Å². The van der Waals surface area contributed by atoms with Gasteiger partial charge < -0.3 is 9.64 Å². The molecule has 1 saturated carbocycles. The zero-order chi connectivity index (χ0) is 13.4.